The van der Waals surface area contributed by atoms with E-state index in [1.165, 1.54) is 0 Å². The van der Waals surface area contributed by atoms with E-state index >= 15 is 0 Å². The monoisotopic (exact) mass is 311 g/mol. The molecule has 0 saturated heterocycles. The normalized spacial score (nSPS) is 31.1. The van der Waals surface area contributed by atoms with Crippen LogP contribution < -0.4 is 0 Å². The lowest BCUT2D eigenvalue weighted by molar-refractivity contribution is -0.0591. The van der Waals surface area contributed by atoms with Gasteiger partial charge in [0, 0.05) is 19.7 Å². The van der Waals surface area contributed by atoms with Crippen LogP contribution in [0.2, 0.25) is 0 Å². The molecule has 0 atom stereocenters. The predicted molar refractivity (Wildman–Crippen MR) is 87.8 cm³/mol. The van der Waals surface area contributed by atoms with E-state index in [9.17, 15) is 9.90 Å². The van der Waals surface area contributed by atoms with Crippen molar-refractivity contribution >= 4 is 6.09 Å². The first kappa shape index (κ1) is 17.6. The fourth-order valence-electron chi connectivity index (χ4n) is 4.05. The van der Waals surface area contributed by atoms with Crippen LogP contribution in [0.1, 0.15) is 72.6 Å². The Bertz CT molecular complexity index is 375. The molecule has 3 fully saturated rings. The van der Waals surface area contributed by atoms with Gasteiger partial charge in [-0.05, 0) is 76.5 Å². The van der Waals surface area contributed by atoms with Gasteiger partial charge in [0.05, 0.1) is 0 Å². The molecule has 0 unspecified atom stereocenters. The topological polar surface area (TPSA) is 49.8 Å². The molecule has 0 aliphatic heterocycles. The van der Waals surface area contributed by atoms with Gasteiger partial charge in [0.2, 0.25) is 0 Å². The highest BCUT2D eigenvalue weighted by atomic mass is 16.6. The third kappa shape index (κ3) is 3.95. The van der Waals surface area contributed by atoms with Crippen LogP contribution in [-0.4, -0.2) is 41.4 Å². The van der Waals surface area contributed by atoms with Gasteiger partial charge in [-0.1, -0.05) is 6.92 Å². The number of hydrogen-bond donors (Lipinski definition) is 1. The quantitative estimate of drug-likeness (QED) is 0.836. The van der Waals surface area contributed by atoms with E-state index in [-0.39, 0.29) is 16.9 Å². The summed E-state index contributed by atoms with van der Waals surface area (Å²) >= 11 is 0. The fraction of sp³-hybridized carbons (Fsp3) is 0.944. The smallest absolute Gasteiger partial charge is 0.410 e. The molecule has 0 aromatic heterocycles. The molecule has 3 aliphatic carbocycles. The van der Waals surface area contributed by atoms with E-state index in [4.69, 9.17) is 4.74 Å². The predicted octanol–water partition coefficient (Wildman–Crippen LogP) is 3.97. The molecule has 4 nitrogen and oxygen atoms in total. The number of aliphatic hydroxyl groups excluding tert-OH is 1. The molecule has 22 heavy (non-hydrogen) atoms. The highest BCUT2D eigenvalue weighted by molar-refractivity contribution is 5.68. The van der Waals surface area contributed by atoms with Gasteiger partial charge in [0.25, 0.3) is 0 Å². The highest BCUT2D eigenvalue weighted by Gasteiger charge is 2.49. The molecule has 1 amide bonds. The number of amides is 1. The minimum atomic E-state index is -0.439. The summed E-state index contributed by atoms with van der Waals surface area (Å²) in [7, 11) is 0. The summed E-state index contributed by atoms with van der Waals surface area (Å²) in [6.45, 7) is 9.78. The highest BCUT2D eigenvalue weighted by Crippen LogP contribution is 2.56. The van der Waals surface area contributed by atoms with Crippen LogP contribution in [0.4, 0.5) is 4.79 Å². The van der Waals surface area contributed by atoms with Crippen molar-refractivity contribution < 1.29 is 14.6 Å². The van der Waals surface area contributed by atoms with Gasteiger partial charge in [0.15, 0.2) is 0 Å². The third-order valence-electron chi connectivity index (χ3n) is 5.56. The Balaban J connectivity index is 2.01. The first-order valence-corrected chi connectivity index (χ1v) is 8.82. The number of rotatable bonds is 5. The second kappa shape index (κ2) is 6.38. The summed E-state index contributed by atoms with van der Waals surface area (Å²) in [5.41, 5.74) is -0.00182. The lowest BCUT2D eigenvalue weighted by Crippen LogP contribution is -2.50. The Morgan fingerprint density at radius 2 is 1.59 bits per heavy atom. The number of ether oxygens (including phenoxy) is 1. The Hall–Kier alpha value is -0.770. The molecule has 0 aromatic carbocycles. The van der Waals surface area contributed by atoms with Gasteiger partial charge in [-0.3, -0.25) is 0 Å². The van der Waals surface area contributed by atoms with Crippen LogP contribution in [0, 0.1) is 10.8 Å². The van der Waals surface area contributed by atoms with E-state index in [0.29, 0.717) is 6.61 Å². The van der Waals surface area contributed by atoms with Crippen LogP contribution in [0.3, 0.4) is 0 Å². The lowest BCUT2D eigenvalue weighted by atomic mass is 9.54. The van der Waals surface area contributed by atoms with Gasteiger partial charge in [0.1, 0.15) is 5.60 Å². The Labute approximate surface area is 135 Å². The maximum atomic E-state index is 12.5. The SMILES string of the molecule is CCCN(CC12CCC(CO)(CC1)CC2)C(=O)OC(C)(C)C. The molecule has 3 rings (SSSR count). The summed E-state index contributed by atoms with van der Waals surface area (Å²) in [5, 5.41) is 9.65. The van der Waals surface area contributed by atoms with Crippen LogP contribution in [0.25, 0.3) is 0 Å². The van der Waals surface area contributed by atoms with E-state index in [2.05, 4.69) is 6.92 Å². The second-order valence-corrected chi connectivity index (χ2v) is 8.56. The summed E-state index contributed by atoms with van der Waals surface area (Å²) in [6, 6.07) is 0. The largest absolute Gasteiger partial charge is 0.444 e. The lowest BCUT2D eigenvalue weighted by Gasteiger charge is -2.54. The molecule has 0 spiro atoms. The Morgan fingerprint density at radius 3 is 2.00 bits per heavy atom. The van der Waals surface area contributed by atoms with E-state index in [1.807, 2.05) is 25.7 Å². The zero-order valence-electron chi connectivity index (χ0n) is 14.8. The molecule has 2 bridgehead atoms. The van der Waals surface area contributed by atoms with Gasteiger partial charge < -0.3 is 14.7 Å². The fourth-order valence-corrected chi connectivity index (χ4v) is 4.05. The Kier molecular flexibility index (Phi) is 5.10. The summed E-state index contributed by atoms with van der Waals surface area (Å²) in [6.07, 6.45) is 7.51. The van der Waals surface area contributed by atoms with Crippen LogP contribution in [0.15, 0.2) is 0 Å². The average Bonchev–Trinajstić information content (AvgIpc) is 2.47. The summed E-state index contributed by atoms with van der Waals surface area (Å²) in [5.74, 6) is 0. The molecular formula is C18H33NO3. The molecule has 3 aliphatic rings. The molecule has 128 valence electrons. The minimum absolute atomic E-state index is 0.173. The molecule has 0 radical (unpaired) electrons. The van der Waals surface area contributed by atoms with Crippen molar-refractivity contribution in [1.82, 2.24) is 4.90 Å². The van der Waals surface area contributed by atoms with Gasteiger partial charge in [-0.2, -0.15) is 0 Å². The number of carbonyl (C=O) groups excluding carboxylic acids is 1. The number of aliphatic hydroxyl groups is 1. The second-order valence-electron chi connectivity index (χ2n) is 8.56. The first-order chi connectivity index (χ1) is 10.2. The van der Waals surface area contributed by atoms with Crippen molar-refractivity contribution in [1.29, 1.82) is 0 Å². The maximum Gasteiger partial charge on any atom is 0.410 e. The maximum absolute atomic E-state index is 12.5. The minimum Gasteiger partial charge on any atom is -0.444 e. The number of nitrogens with zero attached hydrogens (tertiary/aromatic N) is 1. The van der Waals surface area contributed by atoms with Crippen molar-refractivity contribution in [2.24, 2.45) is 10.8 Å². The molecule has 4 heteroatoms. The van der Waals surface area contributed by atoms with Crippen molar-refractivity contribution in [2.75, 3.05) is 19.7 Å². The average molecular weight is 311 g/mol. The third-order valence-corrected chi connectivity index (χ3v) is 5.56. The Morgan fingerprint density at radius 1 is 1.09 bits per heavy atom. The molecule has 0 heterocycles. The zero-order chi connectivity index (χ0) is 16.4. The molecule has 0 aromatic rings. The van der Waals surface area contributed by atoms with E-state index in [0.717, 1.165) is 58.0 Å². The van der Waals surface area contributed by atoms with Crippen molar-refractivity contribution in [3.05, 3.63) is 0 Å². The van der Waals surface area contributed by atoms with Gasteiger partial charge in [-0.25, -0.2) is 4.79 Å². The zero-order valence-corrected chi connectivity index (χ0v) is 14.8. The summed E-state index contributed by atoms with van der Waals surface area (Å²) < 4.78 is 5.58. The number of carbonyl (C=O) groups is 1. The molecular weight excluding hydrogens is 278 g/mol. The standard InChI is InChI=1S/C18H33NO3/c1-5-12-19(15(21)22-16(2,3)4)13-17-6-9-18(14-20,10-7-17)11-8-17/h20H,5-14H2,1-4H3. The summed E-state index contributed by atoms with van der Waals surface area (Å²) in [4.78, 5) is 14.4. The van der Waals surface area contributed by atoms with Crippen molar-refractivity contribution in [3.63, 3.8) is 0 Å². The molecule has 1 N–H and O–H groups in total. The number of hydrogen-bond acceptors (Lipinski definition) is 3. The van der Waals surface area contributed by atoms with Crippen molar-refractivity contribution in [3.8, 4) is 0 Å². The molecule has 3 saturated carbocycles. The van der Waals surface area contributed by atoms with Crippen LogP contribution in [-0.2, 0) is 4.74 Å². The van der Waals surface area contributed by atoms with E-state index in [1.54, 1.807) is 0 Å². The number of fused-ring (bicyclic) bond motifs is 3. The van der Waals surface area contributed by atoms with Crippen LogP contribution in [0.5, 0.6) is 0 Å². The van der Waals surface area contributed by atoms with Gasteiger partial charge in [-0.15, -0.1) is 0 Å². The van der Waals surface area contributed by atoms with E-state index < -0.39 is 5.60 Å². The van der Waals surface area contributed by atoms with Gasteiger partial charge >= 0.3 is 6.09 Å². The van der Waals surface area contributed by atoms with Crippen molar-refractivity contribution in [2.45, 2.75) is 78.2 Å². The van der Waals surface area contributed by atoms with Crippen LogP contribution >= 0.6 is 0 Å². The first-order valence-electron chi connectivity index (χ1n) is 8.82.